The average Bonchev–Trinajstić information content (AvgIpc) is 3.36. The summed E-state index contributed by atoms with van der Waals surface area (Å²) >= 11 is 1.72. The van der Waals surface area contributed by atoms with Crippen molar-refractivity contribution in [3.63, 3.8) is 0 Å². The van der Waals surface area contributed by atoms with Gasteiger partial charge in [0.2, 0.25) is 0 Å². The summed E-state index contributed by atoms with van der Waals surface area (Å²) in [5.74, 6) is 0.664. The first-order valence-corrected chi connectivity index (χ1v) is 12.0. The Bertz CT molecular complexity index is 979. The van der Waals surface area contributed by atoms with Crippen molar-refractivity contribution in [1.29, 1.82) is 5.41 Å². The van der Waals surface area contributed by atoms with Crippen molar-refractivity contribution < 1.29 is 14.3 Å². The SMILES string of the molecule is CC[C@@H](COc1ccc(Cc2ccc(-c3ccsc3)cc2)cc1)C(=N)CCCC(=O)OC. The van der Waals surface area contributed by atoms with Gasteiger partial charge < -0.3 is 14.9 Å². The molecule has 0 radical (unpaired) electrons. The summed E-state index contributed by atoms with van der Waals surface area (Å²) in [4.78, 5) is 11.2. The third-order valence-corrected chi connectivity index (χ3v) is 6.31. The van der Waals surface area contributed by atoms with Crippen LogP contribution < -0.4 is 4.74 Å². The molecule has 0 fully saturated rings. The molecule has 0 aliphatic rings. The highest BCUT2D eigenvalue weighted by Gasteiger charge is 2.14. The average molecular weight is 450 g/mol. The van der Waals surface area contributed by atoms with Gasteiger partial charge in [-0.2, -0.15) is 11.3 Å². The minimum Gasteiger partial charge on any atom is -0.493 e. The summed E-state index contributed by atoms with van der Waals surface area (Å²) in [5.41, 5.74) is 5.68. The molecule has 0 saturated carbocycles. The molecule has 0 saturated heterocycles. The first-order valence-electron chi connectivity index (χ1n) is 11.1. The lowest BCUT2D eigenvalue weighted by molar-refractivity contribution is -0.140. The second kappa shape index (κ2) is 12.2. The molecule has 168 valence electrons. The van der Waals surface area contributed by atoms with Gasteiger partial charge in [0.1, 0.15) is 5.75 Å². The molecule has 4 nitrogen and oxygen atoms in total. The Balaban J connectivity index is 1.47. The first kappa shape index (κ1) is 23.7. The van der Waals surface area contributed by atoms with E-state index in [1.807, 2.05) is 12.1 Å². The smallest absolute Gasteiger partial charge is 0.305 e. The Kier molecular flexibility index (Phi) is 9.05. The van der Waals surface area contributed by atoms with E-state index in [2.05, 4.69) is 64.9 Å². The van der Waals surface area contributed by atoms with Gasteiger partial charge >= 0.3 is 5.97 Å². The molecule has 5 heteroatoms. The standard InChI is InChI=1S/C27H31NO3S/c1-3-22(26(28)5-4-6-27(29)30-2)18-31-25-13-9-21(10-14-25)17-20-7-11-23(12-8-20)24-15-16-32-19-24/h7-16,19,22,28H,3-6,17-18H2,1-2H3/t22-/m0/s1. The van der Waals surface area contributed by atoms with E-state index in [0.29, 0.717) is 31.6 Å². The molecule has 32 heavy (non-hydrogen) atoms. The van der Waals surface area contributed by atoms with Crippen molar-refractivity contribution in [3.8, 4) is 16.9 Å². The topological polar surface area (TPSA) is 59.4 Å². The predicted molar refractivity (Wildman–Crippen MR) is 132 cm³/mol. The van der Waals surface area contributed by atoms with Crippen molar-refractivity contribution in [2.24, 2.45) is 5.92 Å². The third-order valence-electron chi connectivity index (χ3n) is 5.63. The van der Waals surface area contributed by atoms with Gasteiger partial charge in [0.15, 0.2) is 0 Å². The summed E-state index contributed by atoms with van der Waals surface area (Å²) < 4.78 is 10.6. The molecular formula is C27H31NO3S. The Morgan fingerprint density at radius 3 is 2.25 bits per heavy atom. The van der Waals surface area contributed by atoms with Gasteiger partial charge in [0, 0.05) is 18.1 Å². The molecule has 1 N–H and O–H groups in total. The lowest BCUT2D eigenvalue weighted by Gasteiger charge is -2.17. The first-order chi connectivity index (χ1) is 15.6. The van der Waals surface area contributed by atoms with Gasteiger partial charge in [-0.15, -0.1) is 0 Å². The van der Waals surface area contributed by atoms with Crippen LogP contribution in [0, 0.1) is 11.3 Å². The summed E-state index contributed by atoms with van der Waals surface area (Å²) in [6.07, 6.45) is 3.32. The second-order valence-corrected chi connectivity index (χ2v) is 8.68. The van der Waals surface area contributed by atoms with Gasteiger partial charge in [-0.1, -0.05) is 43.3 Å². The molecule has 0 bridgehead atoms. The van der Waals surface area contributed by atoms with Crippen LogP contribution >= 0.6 is 11.3 Å². The summed E-state index contributed by atoms with van der Waals surface area (Å²) in [5, 5.41) is 12.6. The highest BCUT2D eigenvalue weighted by atomic mass is 32.1. The largest absolute Gasteiger partial charge is 0.493 e. The highest BCUT2D eigenvalue weighted by molar-refractivity contribution is 7.08. The molecule has 0 amide bonds. The molecule has 3 aromatic rings. The maximum atomic E-state index is 11.2. The zero-order valence-electron chi connectivity index (χ0n) is 18.8. The Morgan fingerprint density at radius 1 is 0.969 bits per heavy atom. The van der Waals surface area contributed by atoms with E-state index in [0.717, 1.165) is 18.6 Å². The van der Waals surface area contributed by atoms with Crippen LogP contribution in [0.5, 0.6) is 5.75 Å². The number of esters is 1. The van der Waals surface area contributed by atoms with Crippen LogP contribution in [0.25, 0.3) is 11.1 Å². The normalized spacial score (nSPS) is 11.7. The van der Waals surface area contributed by atoms with Crippen LogP contribution in [-0.4, -0.2) is 25.4 Å². The van der Waals surface area contributed by atoms with Crippen molar-refractivity contribution in [3.05, 3.63) is 76.5 Å². The summed E-state index contributed by atoms with van der Waals surface area (Å²) in [7, 11) is 1.39. The Hall–Kier alpha value is -2.92. The zero-order valence-corrected chi connectivity index (χ0v) is 19.6. The minimum atomic E-state index is -0.222. The number of thiophene rings is 1. The third kappa shape index (κ3) is 7.06. The van der Waals surface area contributed by atoms with Crippen LogP contribution in [0.15, 0.2) is 65.4 Å². The Morgan fingerprint density at radius 2 is 1.66 bits per heavy atom. The Labute approximate surface area is 194 Å². The number of carbonyl (C=O) groups excluding carboxylic acids is 1. The van der Waals surface area contributed by atoms with Gasteiger partial charge in [-0.3, -0.25) is 4.79 Å². The lowest BCUT2D eigenvalue weighted by atomic mass is 9.97. The number of hydrogen-bond donors (Lipinski definition) is 1. The maximum Gasteiger partial charge on any atom is 0.305 e. The minimum absolute atomic E-state index is 0.0639. The molecule has 0 aliphatic carbocycles. The van der Waals surface area contributed by atoms with Crippen LogP contribution in [0.3, 0.4) is 0 Å². The number of ether oxygens (including phenoxy) is 2. The number of benzene rings is 2. The zero-order chi connectivity index (χ0) is 22.8. The van der Waals surface area contributed by atoms with Crippen LogP contribution in [-0.2, 0) is 16.0 Å². The van der Waals surface area contributed by atoms with Crippen molar-refractivity contribution >= 4 is 23.0 Å². The molecule has 3 rings (SSSR count). The molecule has 2 aromatic carbocycles. The van der Waals surface area contributed by atoms with E-state index in [1.54, 1.807) is 11.3 Å². The van der Waals surface area contributed by atoms with E-state index < -0.39 is 0 Å². The summed E-state index contributed by atoms with van der Waals surface area (Å²) in [6.45, 7) is 2.55. The van der Waals surface area contributed by atoms with E-state index in [4.69, 9.17) is 10.1 Å². The van der Waals surface area contributed by atoms with Gasteiger partial charge in [-0.25, -0.2) is 0 Å². The van der Waals surface area contributed by atoms with Gasteiger partial charge in [-0.05, 0) is 76.9 Å². The van der Waals surface area contributed by atoms with Gasteiger partial charge in [0.25, 0.3) is 0 Å². The van der Waals surface area contributed by atoms with Crippen LogP contribution in [0.2, 0.25) is 0 Å². The van der Waals surface area contributed by atoms with E-state index >= 15 is 0 Å². The number of carbonyl (C=O) groups is 1. The quantitative estimate of drug-likeness (QED) is 0.245. The maximum absolute atomic E-state index is 11.2. The molecule has 1 aromatic heterocycles. The summed E-state index contributed by atoms with van der Waals surface area (Å²) in [6, 6.07) is 19.1. The number of hydrogen-bond acceptors (Lipinski definition) is 5. The molecule has 1 atom stereocenters. The fourth-order valence-corrected chi connectivity index (χ4v) is 4.24. The van der Waals surface area contributed by atoms with E-state index in [-0.39, 0.29) is 11.9 Å². The second-order valence-electron chi connectivity index (χ2n) is 7.90. The molecule has 0 unspecified atom stereocenters. The highest BCUT2D eigenvalue weighted by Crippen LogP contribution is 2.23. The van der Waals surface area contributed by atoms with Crippen molar-refractivity contribution in [2.45, 2.75) is 39.0 Å². The molecule has 1 heterocycles. The van der Waals surface area contributed by atoms with Crippen molar-refractivity contribution in [1.82, 2.24) is 0 Å². The van der Waals surface area contributed by atoms with E-state index in [1.165, 1.54) is 29.4 Å². The fourth-order valence-electron chi connectivity index (χ4n) is 3.57. The van der Waals surface area contributed by atoms with Crippen molar-refractivity contribution in [2.75, 3.05) is 13.7 Å². The van der Waals surface area contributed by atoms with Crippen LogP contribution in [0.4, 0.5) is 0 Å². The molecule has 0 aliphatic heterocycles. The molecule has 0 spiro atoms. The number of rotatable bonds is 12. The van der Waals surface area contributed by atoms with Gasteiger partial charge in [0.05, 0.1) is 13.7 Å². The number of methoxy groups -OCH3 is 1. The number of nitrogens with one attached hydrogen (secondary N) is 1. The lowest BCUT2D eigenvalue weighted by Crippen LogP contribution is -2.21. The fraction of sp³-hybridized carbons (Fsp3) is 0.333. The molecular weight excluding hydrogens is 418 g/mol. The van der Waals surface area contributed by atoms with Crippen LogP contribution in [0.1, 0.15) is 43.7 Å². The van der Waals surface area contributed by atoms with E-state index in [9.17, 15) is 4.79 Å². The predicted octanol–water partition coefficient (Wildman–Crippen LogP) is 6.77. The monoisotopic (exact) mass is 449 g/mol.